The quantitative estimate of drug-likeness (QED) is 0.614. The predicted molar refractivity (Wildman–Crippen MR) is 62.3 cm³/mol. The molecule has 0 atom stereocenters. The summed E-state index contributed by atoms with van der Waals surface area (Å²) in [5, 5.41) is 18.7. The number of benzene rings is 1. The van der Waals surface area contributed by atoms with E-state index in [2.05, 4.69) is 4.98 Å². The van der Waals surface area contributed by atoms with Crippen molar-refractivity contribution in [3.63, 3.8) is 0 Å². The molecular weight excluding hydrogens is 232 g/mol. The van der Waals surface area contributed by atoms with Crippen molar-refractivity contribution in [1.82, 2.24) is 4.98 Å². The summed E-state index contributed by atoms with van der Waals surface area (Å²) in [6.45, 7) is 0. The fourth-order valence-electron chi connectivity index (χ4n) is 2.22. The van der Waals surface area contributed by atoms with E-state index in [0.29, 0.717) is 11.1 Å². The van der Waals surface area contributed by atoms with E-state index in [1.54, 1.807) is 30.3 Å². The fraction of sp³-hybridized carbons (Fsp3) is 0. The molecule has 1 aliphatic rings. The third-order valence-electron chi connectivity index (χ3n) is 2.98. The molecule has 86 valence electrons. The number of nitrogens with one attached hydrogen (secondary N) is 1. The Balaban J connectivity index is 2.56. The molecule has 0 unspecified atom stereocenters. The zero-order valence-electron chi connectivity index (χ0n) is 9.02. The normalized spacial score (nSPS) is 11.8. The Morgan fingerprint density at radius 2 is 1.78 bits per heavy atom. The highest BCUT2D eigenvalue weighted by atomic mass is 16.3. The molecular formula is C13H6N2O3. The SMILES string of the molecule is N#Cc1c2c(c(O)[nH]c1=O)C(=O)c1ccccc1-2. The topological polar surface area (TPSA) is 93.9 Å². The second kappa shape index (κ2) is 3.31. The number of carbonyl (C=O) groups excluding carboxylic acids is 1. The molecule has 2 N–H and O–H groups in total. The third kappa shape index (κ3) is 1.09. The first-order valence-corrected chi connectivity index (χ1v) is 5.18. The maximum atomic E-state index is 12.1. The molecule has 0 aliphatic heterocycles. The number of nitrogens with zero attached hydrogens (tertiary/aromatic N) is 1. The van der Waals surface area contributed by atoms with Crippen LogP contribution in [0.2, 0.25) is 0 Å². The summed E-state index contributed by atoms with van der Waals surface area (Å²) in [7, 11) is 0. The lowest BCUT2D eigenvalue weighted by atomic mass is 10.0. The van der Waals surface area contributed by atoms with Crippen LogP contribution in [0.3, 0.4) is 0 Å². The van der Waals surface area contributed by atoms with Gasteiger partial charge in [-0.1, -0.05) is 24.3 Å². The van der Waals surface area contributed by atoms with E-state index in [1.165, 1.54) is 0 Å². The van der Waals surface area contributed by atoms with E-state index in [4.69, 9.17) is 5.26 Å². The van der Waals surface area contributed by atoms with Crippen molar-refractivity contribution >= 4 is 5.78 Å². The van der Waals surface area contributed by atoms with E-state index in [1.807, 2.05) is 0 Å². The molecule has 0 fully saturated rings. The highest BCUT2D eigenvalue weighted by Crippen LogP contribution is 2.40. The number of carbonyl (C=O) groups is 1. The van der Waals surface area contributed by atoms with Crippen LogP contribution in [0.15, 0.2) is 29.1 Å². The van der Waals surface area contributed by atoms with Crippen LogP contribution in [0.25, 0.3) is 11.1 Å². The van der Waals surface area contributed by atoms with Crippen LogP contribution >= 0.6 is 0 Å². The number of nitriles is 1. The third-order valence-corrected chi connectivity index (χ3v) is 2.98. The molecule has 0 saturated carbocycles. The Morgan fingerprint density at radius 1 is 1.11 bits per heavy atom. The van der Waals surface area contributed by atoms with Crippen LogP contribution in [-0.2, 0) is 0 Å². The van der Waals surface area contributed by atoms with Gasteiger partial charge < -0.3 is 5.11 Å². The lowest BCUT2D eigenvalue weighted by molar-refractivity contribution is 0.104. The van der Waals surface area contributed by atoms with Gasteiger partial charge in [0.05, 0.1) is 5.56 Å². The Bertz CT molecular complexity index is 797. The molecule has 1 aliphatic carbocycles. The molecule has 3 rings (SSSR count). The average molecular weight is 238 g/mol. The van der Waals surface area contributed by atoms with Gasteiger partial charge in [-0.25, -0.2) is 0 Å². The van der Waals surface area contributed by atoms with Crippen molar-refractivity contribution < 1.29 is 9.90 Å². The number of aromatic hydroxyl groups is 1. The maximum absolute atomic E-state index is 12.1. The maximum Gasteiger partial charge on any atom is 0.269 e. The Hall–Kier alpha value is -2.87. The highest BCUT2D eigenvalue weighted by molar-refractivity contribution is 6.23. The zero-order valence-corrected chi connectivity index (χ0v) is 9.02. The summed E-state index contributed by atoms with van der Waals surface area (Å²) in [6, 6.07) is 8.43. The van der Waals surface area contributed by atoms with Gasteiger partial charge >= 0.3 is 0 Å². The van der Waals surface area contributed by atoms with Crippen molar-refractivity contribution in [2.45, 2.75) is 0 Å². The fourth-order valence-corrected chi connectivity index (χ4v) is 2.22. The van der Waals surface area contributed by atoms with Gasteiger partial charge in [0.25, 0.3) is 5.56 Å². The second-order valence-corrected chi connectivity index (χ2v) is 3.91. The van der Waals surface area contributed by atoms with Gasteiger partial charge in [0, 0.05) is 11.1 Å². The number of ketones is 1. The van der Waals surface area contributed by atoms with Crippen LogP contribution in [0.5, 0.6) is 5.88 Å². The standard InChI is InChI=1S/C13H6N2O3/c14-5-8-9-6-3-1-2-4-7(6)11(16)10(9)13(18)15-12(8)17/h1-4H,(H2,15,17,18). The smallest absolute Gasteiger partial charge is 0.269 e. The Kier molecular flexibility index (Phi) is 1.89. The van der Waals surface area contributed by atoms with Gasteiger partial charge in [-0.2, -0.15) is 5.26 Å². The van der Waals surface area contributed by atoms with Gasteiger partial charge in [0.1, 0.15) is 11.6 Å². The molecule has 1 heterocycles. The number of aromatic amines is 1. The van der Waals surface area contributed by atoms with E-state index in [9.17, 15) is 14.7 Å². The summed E-state index contributed by atoms with van der Waals surface area (Å²) < 4.78 is 0. The van der Waals surface area contributed by atoms with Crippen molar-refractivity contribution in [1.29, 1.82) is 5.26 Å². The van der Waals surface area contributed by atoms with Gasteiger partial charge in [0.15, 0.2) is 5.78 Å². The number of pyridine rings is 1. The van der Waals surface area contributed by atoms with E-state index in [0.717, 1.165) is 0 Å². The number of rotatable bonds is 0. The van der Waals surface area contributed by atoms with Crippen LogP contribution in [0, 0.1) is 11.3 Å². The molecule has 0 radical (unpaired) electrons. The Morgan fingerprint density at radius 3 is 2.44 bits per heavy atom. The zero-order chi connectivity index (χ0) is 12.9. The number of H-pyrrole nitrogens is 1. The van der Waals surface area contributed by atoms with Crippen LogP contribution < -0.4 is 5.56 Å². The number of aromatic nitrogens is 1. The van der Waals surface area contributed by atoms with Crippen molar-refractivity contribution in [3.05, 3.63) is 51.3 Å². The first kappa shape index (κ1) is 10.3. The van der Waals surface area contributed by atoms with E-state index >= 15 is 0 Å². The van der Waals surface area contributed by atoms with Crippen LogP contribution in [-0.4, -0.2) is 15.9 Å². The molecule has 1 aromatic heterocycles. The average Bonchev–Trinajstić information content (AvgIpc) is 2.65. The van der Waals surface area contributed by atoms with Crippen LogP contribution in [0.1, 0.15) is 21.5 Å². The van der Waals surface area contributed by atoms with Crippen LogP contribution in [0.4, 0.5) is 0 Å². The summed E-state index contributed by atoms with van der Waals surface area (Å²) in [5.74, 6) is -0.874. The second-order valence-electron chi connectivity index (χ2n) is 3.91. The molecule has 18 heavy (non-hydrogen) atoms. The van der Waals surface area contributed by atoms with E-state index < -0.39 is 11.4 Å². The minimum Gasteiger partial charge on any atom is -0.494 e. The summed E-state index contributed by atoms with van der Waals surface area (Å²) in [5.41, 5.74) is 0.264. The number of hydrogen-bond donors (Lipinski definition) is 2. The Labute approximate surface area is 101 Å². The monoisotopic (exact) mass is 238 g/mol. The summed E-state index contributed by atoms with van der Waals surface area (Å²) in [4.78, 5) is 25.8. The number of hydrogen-bond acceptors (Lipinski definition) is 4. The molecule has 2 aromatic rings. The molecule has 5 heteroatoms. The highest BCUT2D eigenvalue weighted by Gasteiger charge is 2.33. The van der Waals surface area contributed by atoms with Crippen molar-refractivity contribution in [2.75, 3.05) is 0 Å². The van der Waals surface area contributed by atoms with Crippen molar-refractivity contribution in [2.24, 2.45) is 0 Å². The first-order chi connectivity index (χ1) is 8.65. The van der Waals surface area contributed by atoms with Crippen molar-refractivity contribution in [3.8, 4) is 23.1 Å². The largest absolute Gasteiger partial charge is 0.494 e. The van der Waals surface area contributed by atoms with Gasteiger partial charge in [0.2, 0.25) is 5.88 Å². The molecule has 0 bridgehead atoms. The minimum atomic E-state index is -0.696. The van der Waals surface area contributed by atoms with Gasteiger partial charge in [-0.3, -0.25) is 14.6 Å². The number of fused-ring (bicyclic) bond motifs is 3. The molecule has 0 spiro atoms. The summed E-state index contributed by atoms with van der Waals surface area (Å²) in [6.07, 6.45) is 0. The van der Waals surface area contributed by atoms with E-state index in [-0.39, 0.29) is 22.5 Å². The lowest BCUT2D eigenvalue weighted by Crippen LogP contribution is -2.13. The first-order valence-electron chi connectivity index (χ1n) is 5.18. The summed E-state index contributed by atoms with van der Waals surface area (Å²) >= 11 is 0. The van der Waals surface area contributed by atoms with Gasteiger partial charge in [-0.15, -0.1) is 0 Å². The molecule has 1 aromatic carbocycles. The molecule has 0 amide bonds. The predicted octanol–water partition coefficient (Wildman–Crippen LogP) is 1.16. The molecule has 0 saturated heterocycles. The lowest BCUT2D eigenvalue weighted by Gasteiger charge is -2.03. The van der Waals surface area contributed by atoms with Gasteiger partial charge in [-0.05, 0) is 5.56 Å². The minimum absolute atomic E-state index is 0.00708. The molecule has 5 nitrogen and oxygen atoms in total.